The molecule has 1 fully saturated rings. The smallest absolute Gasteiger partial charge is 0.0593 e. The van der Waals surface area contributed by atoms with Crippen LogP contribution in [-0.2, 0) is 4.74 Å². The monoisotopic (exact) mass is 284 g/mol. The van der Waals surface area contributed by atoms with Crippen molar-refractivity contribution in [1.29, 1.82) is 0 Å². The van der Waals surface area contributed by atoms with Gasteiger partial charge < -0.3 is 10.1 Å². The summed E-state index contributed by atoms with van der Waals surface area (Å²) in [5, 5.41) is 3.84. The summed E-state index contributed by atoms with van der Waals surface area (Å²) >= 11 is 0. The molecule has 0 bridgehead atoms. The summed E-state index contributed by atoms with van der Waals surface area (Å²) in [5.74, 6) is 0.761. The second-order valence-electron chi connectivity index (χ2n) is 6.73. The number of nitrogens with zero attached hydrogens (tertiary/aromatic N) is 1. The maximum atomic E-state index is 5.71. The number of hydrogen-bond acceptors (Lipinski definition) is 3. The summed E-state index contributed by atoms with van der Waals surface area (Å²) in [7, 11) is 0. The van der Waals surface area contributed by atoms with Gasteiger partial charge in [-0.25, -0.2) is 0 Å². The molecule has 1 aliphatic heterocycles. The van der Waals surface area contributed by atoms with Gasteiger partial charge in [0.15, 0.2) is 0 Å². The minimum Gasteiger partial charge on any atom is -0.380 e. The van der Waals surface area contributed by atoms with Crippen LogP contribution in [0.4, 0.5) is 0 Å². The molecular weight excluding hydrogens is 248 g/mol. The maximum Gasteiger partial charge on any atom is 0.0593 e. The molecule has 1 heterocycles. The van der Waals surface area contributed by atoms with Crippen molar-refractivity contribution in [2.24, 2.45) is 5.92 Å². The Labute approximate surface area is 126 Å². The Kier molecular flexibility index (Phi) is 8.08. The molecule has 3 heteroatoms. The Hall–Kier alpha value is -0.120. The van der Waals surface area contributed by atoms with E-state index in [1.165, 1.54) is 25.8 Å². The molecule has 0 amide bonds. The molecule has 0 aromatic carbocycles. The van der Waals surface area contributed by atoms with E-state index in [0.717, 1.165) is 38.6 Å². The Bertz CT molecular complexity index is 251. The van der Waals surface area contributed by atoms with E-state index in [4.69, 9.17) is 4.74 Å². The topological polar surface area (TPSA) is 24.5 Å². The number of nitrogens with one attached hydrogen (secondary N) is 1. The first-order chi connectivity index (χ1) is 9.56. The third-order valence-corrected chi connectivity index (χ3v) is 4.70. The third-order valence-electron chi connectivity index (χ3n) is 4.70. The molecule has 1 atom stereocenters. The second kappa shape index (κ2) is 9.01. The van der Waals surface area contributed by atoms with Crippen molar-refractivity contribution in [2.75, 3.05) is 32.8 Å². The van der Waals surface area contributed by atoms with Crippen molar-refractivity contribution < 1.29 is 4.74 Å². The highest BCUT2D eigenvalue weighted by atomic mass is 16.5. The molecule has 1 saturated heterocycles. The lowest BCUT2D eigenvalue weighted by atomic mass is 9.87. The molecule has 120 valence electrons. The van der Waals surface area contributed by atoms with Crippen LogP contribution in [0.15, 0.2) is 0 Å². The van der Waals surface area contributed by atoms with E-state index in [9.17, 15) is 0 Å². The van der Waals surface area contributed by atoms with Gasteiger partial charge in [-0.15, -0.1) is 0 Å². The van der Waals surface area contributed by atoms with Crippen LogP contribution in [0.3, 0.4) is 0 Å². The van der Waals surface area contributed by atoms with Crippen LogP contribution >= 0.6 is 0 Å². The zero-order valence-electron chi connectivity index (χ0n) is 14.4. The molecule has 0 aromatic heterocycles. The lowest BCUT2D eigenvalue weighted by Crippen LogP contribution is -2.64. The van der Waals surface area contributed by atoms with Gasteiger partial charge in [0, 0.05) is 37.8 Å². The van der Waals surface area contributed by atoms with Gasteiger partial charge >= 0.3 is 0 Å². The van der Waals surface area contributed by atoms with Crippen LogP contribution < -0.4 is 5.32 Å². The summed E-state index contributed by atoms with van der Waals surface area (Å²) in [4.78, 5) is 2.68. The standard InChI is InChI=1S/C17H36N2O/c1-6-10-20-11-9-19-14-17(7-2,8-3)18-13-16(19)12-15(4)5/h15-16,18H,6-14H2,1-5H3. The van der Waals surface area contributed by atoms with Gasteiger partial charge in [-0.05, 0) is 31.6 Å². The van der Waals surface area contributed by atoms with Crippen LogP contribution in [0, 0.1) is 5.92 Å². The van der Waals surface area contributed by atoms with Crippen LogP contribution in [0.25, 0.3) is 0 Å². The Balaban J connectivity index is 2.57. The van der Waals surface area contributed by atoms with Crippen molar-refractivity contribution in [3.63, 3.8) is 0 Å². The molecule has 1 unspecified atom stereocenters. The van der Waals surface area contributed by atoms with Crippen molar-refractivity contribution in [1.82, 2.24) is 10.2 Å². The van der Waals surface area contributed by atoms with E-state index >= 15 is 0 Å². The zero-order valence-corrected chi connectivity index (χ0v) is 14.4. The predicted molar refractivity (Wildman–Crippen MR) is 87.2 cm³/mol. The summed E-state index contributed by atoms with van der Waals surface area (Å²) in [6.45, 7) is 16.6. The van der Waals surface area contributed by atoms with Crippen LogP contribution in [0.1, 0.15) is 60.3 Å². The lowest BCUT2D eigenvalue weighted by Gasteiger charge is -2.48. The molecular formula is C17H36N2O. The van der Waals surface area contributed by atoms with Gasteiger partial charge in [-0.1, -0.05) is 34.6 Å². The van der Waals surface area contributed by atoms with E-state index in [2.05, 4.69) is 44.8 Å². The fraction of sp³-hybridized carbons (Fsp3) is 1.00. The van der Waals surface area contributed by atoms with Crippen molar-refractivity contribution >= 4 is 0 Å². The first-order valence-electron chi connectivity index (χ1n) is 8.63. The molecule has 20 heavy (non-hydrogen) atoms. The molecule has 1 aliphatic rings. The summed E-state index contributed by atoms with van der Waals surface area (Å²) in [6, 6.07) is 0.673. The van der Waals surface area contributed by atoms with Gasteiger partial charge in [0.2, 0.25) is 0 Å². The molecule has 0 saturated carbocycles. The van der Waals surface area contributed by atoms with Gasteiger partial charge in [-0.3, -0.25) is 4.90 Å². The number of ether oxygens (including phenoxy) is 1. The van der Waals surface area contributed by atoms with E-state index in [1.54, 1.807) is 0 Å². The molecule has 0 aliphatic carbocycles. The quantitative estimate of drug-likeness (QED) is 0.658. The summed E-state index contributed by atoms with van der Waals surface area (Å²) in [6.07, 6.45) is 4.82. The van der Waals surface area contributed by atoms with Crippen LogP contribution in [-0.4, -0.2) is 49.3 Å². The second-order valence-corrected chi connectivity index (χ2v) is 6.73. The van der Waals surface area contributed by atoms with Crippen LogP contribution in [0.5, 0.6) is 0 Å². The number of rotatable bonds is 9. The van der Waals surface area contributed by atoms with E-state index in [1.807, 2.05) is 0 Å². The summed E-state index contributed by atoms with van der Waals surface area (Å²) < 4.78 is 5.71. The number of hydrogen-bond donors (Lipinski definition) is 1. The largest absolute Gasteiger partial charge is 0.380 e. The van der Waals surface area contributed by atoms with Crippen molar-refractivity contribution in [2.45, 2.75) is 71.9 Å². The first-order valence-corrected chi connectivity index (χ1v) is 8.63. The lowest BCUT2D eigenvalue weighted by molar-refractivity contribution is 0.0305. The first kappa shape index (κ1) is 17.9. The van der Waals surface area contributed by atoms with Crippen LogP contribution in [0.2, 0.25) is 0 Å². The van der Waals surface area contributed by atoms with Crippen molar-refractivity contribution in [3.8, 4) is 0 Å². The third kappa shape index (κ3) is 5.34. The summed E-state index contributed by atoms with van der Waals surface area (Å²) in [5.41, 5.74) is 0.318. The predicted octanol–water partition coefficient (Wildman–Crippen LogP) is 3.29. The Morgan fingerprint density at radius 2 is 1.90 bits per heavy atom. The number of piperazine rings is 1. The fourth-order valence-corrected chi connectivity index (χ4v) is 3.23. The molecule has 3 nitrogen and oxygen atoms in total. The Morgan fingerprint density at radius 3 is 2.45 bits per heavy atom. The molecule has 0 radical (unpaired) electrons. The van der Waals surface area contributed by atoms with E-state index < -0.39 is 0 Å². The van der Waals surface area contributed by atoms with Gasteiger partial charge in [-0.2, -0.15) is 0 Å². The zero-order chi connectivity index (χ0) is 15.0. The SMILES string of the molecule is CCCOCCN1CC(CC)(CC)NCC1CC(C)C. The Morgan fingerprint density at radius 1 is 1.20 bits per heavy atom. The molecule has 0 aromatic rings. The van der Waals surface area contributed by atoms with Crippen molar-refractivity contribution in [3.05, 3.63) is 0 Å². The highest BCUT2D eigenvalue weighted by molar-refractivity contribution is 4.96. The average molecular weight is 284 g/mol. The minimum absolute atomic E-state index is 0.318. The van der Waals surface area contributed by atoms with E-state index in [0.29, 0.717) is 11.6 Å². The highest BCUT2D eigenvalue weighted by Gasteiger charge is 2.36. The average Bonchev–Trinajstić information content (AvgIpc) is 2.45. The molecule has 0 spiro atoms. The maximum absolute atomic E-state index is 5.71. The molecule has 1 rings (SSSR count). The fourth-order valence-electron chi connectivity index (χ4n) is 3.23. The van der Waals surface area contributed by atoms with Gasteiger partial charge in [0.05, 0.1) is 6.61 Å². The minimum atomic E-state index is 0.318. The normalized spacial score (nSPS) is 23.4. The van der Waals surface area contributed by atoms with Gasteiger partial charge in [0.25, 0.3) is 0 Å². The highest BCUT2D eigenvalue weighted by Crippen LogP contribution is 2.25. The van der Waals surface area contributed by atoms with Gasteiger partial charge in [0.1, 0.15) is 0 Å². The van der Waals surface area contributed by atoms with E-state index in [-0.39, 0.29) is 0 Å². The molecule has 1 N–H and O–H groups in total.